The smallest absolute Gasteiger partial charge is 0.397 e. The molecule has 0 amide bonds. The number of aliphatic hydroxyl groups is 3. The number of esters is 1. The average Bonchev–Trinajstić information content (AvgIpc) is 3.38. The fourth-order valence-electron chi connectivity index (χ4n) is 10.1. The van der Waals surface area contributed by atoms with Crippen molar-refractivity contribution in [2.75, 3.05) is 26.4 Å². The fourth-order valence-corrected chi connectivity index (χ4v) is 10.7. The molecule has 0 bridgehead atoms. The van der Waals surface area contributed by atoms with Crippen molar-refractivity contribution in [3.63, 3.8) is 0 Å². The summed E-state index contributed by atoms with van der Waals surface area (Å²) in [4.78, 5) is 13.0. The summed E-state index contributed by atoms with van der Waals surface area (Å²) in [6.07, 6.45) is 54.0. The number of aliphatic hydroxyl groups excluding tert-OH is 3. The highest BCUT2D eigenvalue weighted by atomic mass is 32.3. The first-order chi connectivity index (χ1) is 36.1. The number of rotatable bonds is 57. The van der Waals surface area contributed by atoms with E-state index in [1.54, 1.807) is 0 Å². The summed E-state index contributed by atoms with van der Waals surface area (Å²) in [5.74, 6) is -0.391. The van der Waals surface area contributed by atoms with Crippen LogP contribution in [0.1, 0.15) is 309 Å². The molecule has 1 fully saturated rings. The molecular formula is C61H118O12S. The summed E-state index contributed by atoms with van der Waals surface area (Å²) in [5.41, 5.74) is 0. The van der Waals surface area contributed by atoms with Crippen LogP contribution in [0.2, 0.25) is 0 Å². The molecule has 13 heteroatoms. The summed E-state index contributed by atoms with van der Waals surface area (Å²) in [7, 11) is -5.07. The van der Waals surface area contributed by atoms with E-state index in [2.05, 4.69) is 30.2 Å². The van der Waals surface area contributed by atoms with Crippen LogP contribution in [0.15, 0.2) is 12.2 Å². The largest absolute Gasteiger partial charge is 0.457 e. The molecule has 1 rings (SSSR count). The monoisotopic (exact) mass is 1070 g/mol. The third-order valence-electron chi connectivity index (χ3n) is 14.9. The van der Waals surface area contributed by atoms with Gasteiger partial charge in [0.25, 0.3) is 0 Å². The highest BCUT2D eigenvalue weighted by Crippen LogP contribution is 2.26. The van der Waals surface area contributed by atoms with Crippen molar-refractivity contribution < 1.29 is 56.2 Å². The third-order valence-corrected chi connectivity index (χ3v) is 15.4. The molecule has 6 atom stereocenters. The Bertz CT molecular complexity index is 1330. The second-order valence-corrected chi connectivity index (χ2v) is 23.1. The van der Waals surface area contributed by atoms with Gasteiger partial charge in [-0.1, -0.05) is 276 Å². The Morgan fingerprint density at radius 2 is 0.851 bits per heavy atom. The molecule has 0 spiro atoms. The summed E-state index contributed by atoms with van der Waals surface area (Å²) in [6, 6.07) is 0. The molecule has 6 unspecified atom stereocenters. The standard InChI is InChI=1S/C61H118O12S/c1-3-5-7-9-11-13-15-17-19-21-23-25-27-29-31-33-35-37-39-41-43-45-47-49-51-69-53-55(54-70-61-59(65)60(73-74(66,67)68)58(64)56(52-62)72-61)71-57(63)50-48-46-44-42-40-38-36-34-32-30-28-26-24-22-20-18-16-14-12-10-8-6-4-2/h22,24,55-56,58-62,64-65H,3-21,23,25-54H2,1-2H3,(H,66,67,68)/b24-22-. The van der Waals surface area contributed by atoms with Crippen molar-refractivity contribution in [3.8, 4) is 0 Å². The topological polar surface area (TPSA) is 178 Å². The van der Waals surface area contributed by atoms with E-state index in [-0.39, 0.29) is 19.6 Å². The van der Waals surface area contributed by atoms with Gasteiger partial charge in [0.15, 0.2) is 6.29 Å². The van der Waals surface area contributed by atoms with E-state index in [1.165, 1.54) is 244 Å². The lowest BCUT2D eigenvalue weighted by Crippen LogP contribution is -2.60. The first-order valence-electron chi connectivity index (χ1n) is 31.4. The van der Waals surface area contributed by atoms with Gasteiger partial charge in [0, 0.05) is 13.0 Å². The molecule has 440 valence electrons. The van der Waals surface area contributed by atoms with Gasteiger partial charge in [-0.3, -0.25) is 9.35 Å². The molecular weight excluding hydrogens is 957 g/mol. The number of ether oxygens (including phenoxy) is 4. The molecule has 12 nitrogen and oxygen atoms in total. The van der Waals surface area contributed by atoms with Crippen LogP contribution < -0.4 is 0 Å². The molecule has 4 N–H and O–H groups in total. The van der Waals surface area contributed by atoms with E-state index < -0.39 is 59.8 Å². The molecule has 1 saturated heterocycles. The van der Waals surface area contributed by atoms with E-state index in [1.807, 2.05) is 0 Å². The van der Waals surface area contributed by atoms with Crippen molar-refractivity contribution >= 4 is 16.4 Å². The summed E-state index contributed by atoms with van der Waals surface area (Å²) < 4.78 is 59.6. The molecule has 0 saturated carbocycles. The molecule has 1 heterocycles. The van der Waals surface area contributed by atoms with Crippen LogP contribution >= 0.6 is 0 Å². The van der Waals surface area contributed by atoms with Crippen molar-refractivity contribution in [1.29, 1.82) is 0 Å². The maximum atomic E-state index is 13.0. The molecule has 0 aromatic rings. The predicted molar refractivity (Wildman–Crippen MR) is 304 cm³/mol. The lowest BCUT2D eigenvalue weighted by atomic mass is 9.99. The zero-order valence-corrected chi connectivity index (χ0v) is 48.8. The highest BCUT2D eigenvalue weighted by Gasteiger charge is 2.48. The van der Waals surface area contributed by atoms with Gasteiger partial charge in [-0.05, 0) is 38.5 Å². The minimum atomic E-state index is -5.07. The van der Waals surface area contributed by atoms with Gasteiger partial charge in [0.1, 0.15) is 30.5 Å². The Labute approximate surface area is 455 Å². The van der Waals surface area contributed by atoms with Gasteiger partial charge in [-0.2, -0.15) is 8.42 Å². The van der Waals surface area contributed by atoms with E-state index >= 15 is 0 Å². The first-order valence-corrected chi connectivity index (χ1v) is 32.8. The van der Waals surface area contributed by atoms with Gasteiger partial charge >= 0.3 is 16.4 Å². The number of hydrogen-bond acceptors (Lipinski definition) is 11. The Morgan fingerprint density at radius 3 is 1.22 bits per heavy atom. The van der Waals surface area contributed by atoms with Crippen LogP contribution in [-0.4, -0.2) is 97.5 Å². The number of carbonyl (C=O) groups excluding carboxylic acids is 1. The maximum absolute atomic E-state index is 13.0. The van der Waals surface area contributed by atoms with Crippen LogP contribution in [0.25, 0.3) is 0 Å². The molecule has 74 heavy (non-hydrogen) atoms. The molecule has 0 aromatic heterocycles. The molecule has 0 radical (unpaired) electrons. The summed E-state index contributed by atoms with van der Waals surface area (Å²) in [6.45, 7) is 4.08. The minimum absolute atomic E-state index is 0.0430. The maximum Gasteiger partial charge on any atom is 0.397 e. The Morgan fingerprint density at radius 1 is 0.500 bits per heavy atom. The highest BCUT2D eigenvalue weighted by molar-refractivity contribution is 7.80. The van der Waals surface area contributed by atoms with Gasteiger partial charge in [0.05, 0.1) is 19.8 Å². The van der Waals surface area contributed by atoms with E-state index in [0.29, 0.717) is 13.0 Å². The zero-order chi connectivity index (χ0) is 53.8. The van der Waals surface area contributed by atoms with Crippen LogP contribution in [0.4, 0.5) is 0 Å². The Balaban J connectivity index is 2.24. The molecule has 1 aliphatic rings. The second-order valence-electron chi connectivity index (χ2n) is 22.0. The lowest BCUT2D eigenvalue weighted by Gasteiger charge is -2.41. The van der Waals surface area contributed by atoms with Gasteiger partial charge in [-0.15, -0.1) is 0 Å². The minimum Gasteiger partial charge on any atom is -0.457 e. The van der Waals surface area contributed by atoms with Crippen molar-refractivity contribution in [2.45, 2.75) is 346 Å². The van der Waals surface area contributed by atoms with Crippen molar-refractivity contribution in [1.82, 2.24) is 0 Å². The Hall–Kier alpha value is -1.16. The first kappa shape index (κ1) is 70.9. The fraction of sp³-hybridized carbons (Fsp3) is 0.951. The van der Waals surface area contributed by atoms with Crippen LogP contribution in [0.3, 0.4) is 0 Å². The Kier molecular flexibility index (Phi) is 50.3. The van der Waals surface area contributed by atoms with E-state index in [9.17, 15) is 33.1 Å². The summed E-state index contributed by atoms with van der Waals surface area (Å²) in [5, 5.41) is 30.9. The van der Waals surface area contributed by atoms with Crippen molar-refractivity contribution in [3.05, 3.63) is 12.2 Å². The van der Waals surface area contributed by atoms with Gasteiger partial charge < -0.3 is 34.3 Å². The van der Waals surface area contributed by atoms with Crippen molar-refractivity contribution in [2.24, 2.45) is 0 Å². The SMILES string of the molecule is CCCCCCCCCC/C=C\CCCCCCCCCCCCCC(=O)OC(COCCCCCCCCCCCCCCCCCCCCCCCCCC)COC1OC(CO)C(O)C(OS(=O)(=O)O)C1O. The predicted octanol–water partition coefficient (Wildman–Crippen LogP) is 16.1. The zero-order valence-electron chi connectivity index (χ0n) is 47.9. The van der Waals surface area contributed by atoms with Crippen LogP contribution in [0, 0.1) is 0 Å². The van der Waals surface area contributed by atoms with Crippen LogP contribution in [0.5, 0.6) is 0 Å². The average molecular weight is 1080 g/mol. The summed E-state index contributed by atoms with van der Waals surface area (Å²) >= 11 is 0. The number of allylic oxidation sites excluding steroid dienone is 2. The van der Waals surface area contributed by atoms with Crippen LogP contribution in [-0.2, 0) is 38.3 Å². The number of hydrogen-bond donors (Lipinski definition) is 4. The quantitative estimate of drug-likeness (QED) is 0.0196. The van der Waals surface area contributed by atoms with E-state index in [4.69, 9.17) is 18.9 Å². The van der Waals surface area contributed by atoms with E-state index in [0.717, 1.165) is 38.5 Å². The number of carbonyl (C=O) groups is 1. The molecule has 0 aliphatic carbocycles. The molecule has 0 aromatic carbocycles. The normalized spacial score (nSPS) is 18.7. The second kappa shape index (κ2) is 52.5. The van der Waals surface area contributed by atoms with Gasteiger partial charge in [-0.25, -0.2) is 4.18 Å². The van der Waals surface area contributed by atoms with Gasteiger partial charge in [0.2, 0.25) is 0 Å². The third kappa shape index (κ3) is 44.8. The molecule has 1 aliphatic heterocycles. The lowest BCUT2D eigenvalue weighted by molar-refractivity contribution is -0.301. The number of unbranched alkanes of at least 4 members (excludes halogenated alkanes) is 42.